The molecule has 0 aromatic heterocycles. The number of benzene rings is 2. The van der Waals surface area contributed by atoms with Crippen molar-refractivity contribution >= 4 is 17.3 Å². The number of hydrogen-bond donors (Lipinski definition) is 2. The Balaban J connectivity index is 2.19. The van der Waals surface area contributed by atoms with E-state index < -0.39 is 6.43 Å². The fraction of sp³-hybridized carbons (Fsp3) is 0.200. The largest absolute Gasteiger partial charge is 0.377 e. The maximum atomic E-state index is 12.7. The highest BCUT2D eigenvalue weighted by Gasteiger charge is 2.13. The van der Waals surface area contributed by atoms with Crippen LogP contribution in [0, 0.1) is 0 Å². The highest BCUT2D eigenvalue weighted by Crippen LogP contribution is 2.25. The third kappa shape index (κ3) is 3.68. The van der Waals surface area contributed by atoms with Crippen molar-refractivity contribution < 1.29 is 8.78 Å². The van der Waals surface area contributed by atoms with Crippen LogP contribution in [0.4, 0.5) is 14.5 Å². The fourth-order valence-electron chi connectivity index (χ4n) is 1.94. The first-order valence-corrected chi connectivity index (χ1v) is 6.58. The highest BCUT2D eigenvalue weighted by molar-refractivity contribution is 6.30. The second kappa shape index (κ2) is 6.68. The molecule has 0 saturated heterocycles. The molecule has 5 heteroatoms. The average Bonchev–Trinajstić information content (AvgIpc) is 2.46. The molecular weight excluding hydrogens is 282 g/mol. The van der Waals surface area contributed by atoms with Gasteiger partial charge in [0.2, 0.25) is 0 Å². The fourth-order valence-corrected chi connectivity index (χ4v) is 2.06. The summed E-state index contributed by atoms with van der Waals surface area (Å²) in [5, 5.41) is 3.85. The van der Waals surface area contributed by atoms with E-state index in [1.807, 2.05) is 12.1 Å². The standard InChI is InChI=1S/C15H15ClF2N2/c16-12-4-6-13(7-5-12)20-14(9-19)10-2-1-3-11(8-10)15(17)18/h1-8,14-15,20H,9,19H2. The summed E-state index contributed by atoms with van der Waals surface area (Å²) in [4.78, 5) is 0. The van der Waals surface area contributed by atoms with Gasteiger partial charge in [0.15, 0.2) is 0 Å². The summed E-state index contributed by atoms with van der Waals surface area (Å²) in [6.07, 6.45) is -2.48. The van der Waals surface area contributed by atoms with Crippen LogP contribution in [0.25, 0.3) is 0 Å². The van der Waals surface area contributed by atoms with Gasteiger partial charge < -0.3 is 11.1 Å². The van der Waals surface area contributed by atoms with Crippen molar-refractivity contribution in [2.24, 2.45) is 5.73 Å². The Kier molecular flexibility index (Phi) is 4.93. The lowest BCUT2D eigenvalue weighted by molar-refractivity contribution is 0.151. The Morgan fingerprint density at radius 3 is 2.30 bits per heavy atom. The molecule has 0 bridgehead atoms. The van der Waals surface area contributed by atoms with Gasteiger partial charge >= 0.3 is 0 Å². The van der Waals surface area contributed by atoms with Crippen molar-refractivity contribution in [2.75, 3.05) is 11.9 Å². The quantitative estimate of drug-likeness (QED) is 0.859. The lowest BCUT2D eigenvalue weighted by Gasteiger charge is -2.19. The molecule has 0 aliphatic heterocycles. The summed E-state index contributed by atoms with van der Waals surface area (Å²) < 4.78 is 25.4. The van der Waals surface area contributed by atoms with E-state index in [9.17, 15) is 8.78 Å². The first-order chi connectivity index (χ1) is 9.60. The number of halogens is 3. The van der Waals surface area contributed by atoms with Crippen molar-refractivity contribution in [3.63, 3.8) is 0 Å². The molecule has 20 heavy (non-hydrogen) atoms. The molecule has 1 atom stereocenters. The highest BCUT2D eigenvalue weighted by atomic mass is 35.5. The van der Waals surface area contributed by atoms with Gasteiger partial charge in [0.25, 0.3) is 6.43 Å². The normalized spacial score (nSPS) is 12.4. The molecule has 0 aliphatic rings. The van der Waals surface area contributed by atoms with E-state index in [0.717, 1.165) is 11.3 Å². The van der Waals surface area contributed by atoms with Crippen LogP contribution >= 0.6 is 11.6 Å². The van der Waals surface area contributed by atoms with Crippen LogP contribution in [0.3, 0.4) is 0 Å². The molecule has 2 rings (SSSR count). The average molecular weight is 297 g/mol. The number of rotatable bonds is 5. The monoisotopic (exact) mass is 296 g/mol. The van der Waals surface area contributed by atoms with Crippen molar-refractivity contribution in [1.82, 2.24) is 0 Å². The lowest BCUT2D eigenvalue weighted by atomic mass is 10.0. The van der Waals surface area contributed by atoms with Gasteiger partial charge in [-0.05, 0) is 35.9 Å². The number of nitrogens with two attached hydrogens (primary N) is 1. The minimum Gasteiger partial charge on any atom is -0.377 e. The van der Waals surface area contributed by atoms with Crippen molar-refractivity contribution in [3.05, 3.63) is 64.7 Å². The van der Waals surface area contributed by atoms with Crippen molar-refractivity contribution in [2.45, 2.75) is 12.5 Å². The Bertz CT molecular complexity index is 558. The molecule has 0 saturated carbocycles. The molecule has 0 aliphatic carbocycles. The lowest BCUT2D eigenvalue weighted by Crippen LogP contribution is -2.20. The van der Waals surface area contributed by atoms with Gasteiger partial charge in [-0.1, -0.05) is 29.8 Å². The summed E-state index contributed by atoms with van der Waals surface area (Å²) in [5.41, 5.74) is 7.31. The molecule has 3 N–H and O–H groups in total. The van der Waals surface area contributed by atoms with Crippen LogP contribution in [-0.4, -0.2) is 6.54 Å². The van der Waals surface area contributed by atoms with Gasteiger partial charge in [-0.25, -0.2) is 8.78 Å². The van der Waals surface area contributed by atoms with Crippen LogP contribution in [0.5, 0.6) is 0 Å². The minimum atomic E-state index is -2.48. The minimum absolute atomic E-state index is 0.00106. The first-order valence-electron chi connectivity index (χ1n) is 6.20. The summed E-state index contributed by atoms with van der Waals surface area (Å²) in [5.74, 6) is 0. The first kappa shape index (κ1) is 14.8. The number of hydrogen-bond acceptors (Lipinski definition) is 2. The second-order valence-electron chi connectivity index (χ2n) is 4.41. The van der Waals surface area contributed by atoms with Crippen LogP contribution < -0.4 is 11.1 Å². The van der Waals surface area contributed by atoms with Crippen LogP contribution in [0.1, 0.15) is 23.6 Å². The summed E-state index contributed by atoms with van der Waals surface area (Å²) >= 11 is 5.82. The van der Waals surface area contributed by atoms with Gasteiger partial charge in [0.05, 0.1) is 6.04 Å². The van der Waals surface area contributed by atoms with Crippen LogP contribution in [0.15, 0.2) is 48.5 Å². The predicted molar refractivity (Wildman–Crippen MR) is 78.3 cm³/mol. The molecule has 1 unspecified atom stereocenters. The molecule has 106 valence electrons. The zero-order valence-electron chi connectivity index (χ0n) is 10.7. The van der Waals surface area contributed by atoms with Crippen molar-refractivity contribution in [3.8, 4) is 0 Å². The molecule has 2 aromatic carbocycles. The molecule has 0 amide bonds. The van der Waals surface area contributed by atoms with Gasteiger partial charge in [-0.3, -0.25) is 0 Å². The molecular formula is C15H15ClF2N2. The zero-order valence-corrected chi connectivity index (χ0v) is 11.4. The Labute approximate surface area is 121 Å². The molecule has 0 spiro atoms. The van der Waals surface area contributed by atoms with Gasteiger partial charge in [0, 0.05) is 22.8 Å². The van der Waals surface area contributed by atoms with E-state index in [-0.39, 0.29) is 11.6 Å². The second-order valence-corrected chi connectivity index (χ2v) is 4.85. The Morgan fingerprint density at radius 2 is 1.70 bits per heavy atom. The topological polar surface area (TPSA) is 38.0 Å². The van der Waals surface area contributed by atoms with Crippen LogP contribution in [0.2, 0.25) is 5.02 Å². The van der Waals surface area contributed by atoms with E-state index in [4.69, 9.17) is 17.3 Å². The Morgan fingerprint density at radius 1 is 1.05 bits per heavy atom. The third-order valence-corrected chi connectivity index (χ3v) is 3.24. The summed E-state index contributed by atoms with van der Waals surface area (Å²) in [7, 11) is 0. The SMILES string of the molecule is NCC(Nc1ccc(Cl)cc1)c1cccc(C(F)F)c1. The van der Waals surface area contributed by atoms with E-state index in [2.05, 4.69) is 5.32 Å². The maximum absolute atomic E-state index is 12.7. The maximum Gasteiger partial charge on any atom is 0.263 e. The van der Waals surface area contributed by atoms with Crippen molar-refractivity contribution in [1.29, 1.82) is 0 Å². The smallest absolute Gasteiger partial charge is 0.263 e. The summed E-state index contributed by atoms with van der Waals surface area (Å²) in [6, 6.07) is 13.2. The molecule has 2 aromatic rings. The summed E-state index contributed by atoms with van der Waals surface area (Å²) in [6.45, 7) is 0.301. The van der Waals surface area contributed by atoms with E-state index in [1.165, 1.54) is 12.1 Å². The molecule has 0 radical (unpaired) electrons. The molecule has 0 fully saturated rings. The van der Waals surface area contributed by atoms with Gasteiger partial charge in [-0.2, -0.15) is 0 Å². The number of anilines is 1. The molecule has 0 heterocycles. The van der Waals surface area contributed by atoms with E-state index in [1.54, 1.807) is 24.3 Å². The third-order valence-electron chi connectivity index (χ3n) is 2.99. The van der Waals surface area contributed by atoms with Crippen LogP contribution in [-0.2, 0) is 0 Å². The zero-order chi connectivity index (χ0) is 14.5. The number of nitrogens with one attached hydrogen (secondary N) is 1. The van der Waals surface area contributed by atoms with Gasteiger partial charge in [0.1, 0.15) is 0 Å². The van der Waals surface area contributed by atoms with Gasteiger partial charge in [-0.15, -0.1) is 0 Å². The van der Waals surface area contributed by atoms with E-state index >= 15 is 0 Å². The van der Waals surface area contributed by atoms with E-state index in [0.29, 0.717) is 11.6 Å². The number of alkyl halides is 2. The molecule has 2 nitrogen and oxygen atoms in total. The predicted octanol–water partition coefficient (Wildman–Crippen LogP) is 4.39. The Hall–Kier alpha value is -1.65.